The lowest BCUT2D eigenvalue weighted by molar-refractivity contribution is 0.203. The molecule has 6 aromatic rings. The van der Waals surface area contributed by atoms with Gasteiger partial charge in [-0.2, -0.15) is 0 Å². The molecule has 0 saturated carbocycles. The topological polar surface area (TPSA) is 48.1 Å². The van der Waals surface area contributed by atoms with Gasteiger partial charge in [-0.3, -0.25) is 16.0 Å². The molecule has 50 heavy (non-hydrogen) atoms. The van der Waals surface area contributed by atoms with Crippen LogP contribution in [0.25, 0.3) is 33.5 Å². The maximum absolute atomic E-state index is 3.88. The maximum Gasteiger partial charge on any atom is 0.0865 e. The standard InChI is InChI=1S/C46H38N4/c1-4-14-31(15-5-1)36-28-37(32-24-26-33(27-25-32)43-41-22-11-10-20-39(41)40-21-12-13-23-42(40)47-43)30-38(29-36)46-49-44(34-16-6-2-7-17-34)48-45(50-46)35-18-8-3-9-19-35/h1-30,42,44-50H. The van der Waals surface area contributed by atoms with Crippen LogP contribution < -0.4 is 31.7 Å². The molecule has 4 heteroatoms. The largest absolute Gasteiger partial charge is 0.374 e. The second-order valence-electron chi connectivity index (χ2n) is 13.1. The SMILES string of the molecule is C1=CC2=c3ccccc3=C(c3ccc(-c4cc(-c5ccccc5)cc(C5NC(c6ccccc6)NC(c6ccccc6)N5)c4)cc3)NC2C=C1. The number of benzene rings is 6. The molecule has 4 N–H and O–H groups in total. The molecular formula is C46H38N4. The van der Waals surface area contributed by atoms with Gasteiger partial charge in [-0.25, -0.2) is 0 Å². The highest BCUT2D eigenvalue weighted by molar-refractivity contribution is 5.79. The van der Waals surface area contributed by atoms with Gasteiger partial charge in [-0.1, -0.05) is 164 Å². The fraction of sp³-hybridized carbons (Fsp3) is 0.0870. The predicted molar refractivity (Wildman–Crippen MR) is 205 cm³/mol. The molecule has 0 bridgehead atoms. The molecule has 9 rings (SSSR count). The van der Waals surface area contributed by atoms with Gasteiger partial charge in [0.1, 0.15) is 0 Å². The van der Waals surface area contributed by atoms with Gasteiger partial charge in [0.25, 0.3) is 0 Å². The van der Waals surface area contributed by atoms with E-state index >= 15 is 0 Å². The van der Waals surface area contributed by atoms with E-state index in [-0.39, 0.29) is 24.5 Å². The Bertz CT molecular complexity index is 2280. The third-order valence-electron chi connectivity index (χ3n) is 10.0. The fourth-order valence-corrected chi connectivity index (χ4v) is 7.47. The number of allylic oxidation sites excluding steroid dienone is 2. The summed E-state index contributed by atoms with van der Waals surface area (Å²) in [6, 6.07) is 56.9. The number of hydrogen-bond acceptors (Lipinski definition) is 4. The van der Waals surface area contributed by atoms with E-state index in [1.165, 1.54) is 66.2 Å². The minimum absolute atomic E-state index is 0.0362. The second kappa shape index (κ2) is 13.3. The molecule has 0 amide bonds. The molecule has 0 aromatic heterocycles. The first-order valence-electron chi connectivity index (χ1n) is 17.4. The summed E-state index contributed by atoms with van der Waals surface area (Å²) < 4.78 is 0. The van der Waals surface area contributed by atoms with E-state index in [1.807, 2.05) is 0 Å². The summed E-state index contributed by atoms with van der Waals surface area (Å²) in [5.74, 6) is 0. The molecular weight excluding hydrogens is 609 g/mol. The van der Waals surface area contributed by atoms with E-state index in [0.29, 0.717) is 0 Å². The predicted octanol–water partition coefficient (Wildman–Crippen LogP) is 7.60. The van der Waals surface area contributed by atoms with Crippen molar-refractivity contribution in [1.29, 1.82) is 0 Å². The van der Waals surface area contributed by atoms with Crippen molar-refractivity contribution < 1.29 is 0 Å². The highest BCUT2D eigenvalue weighted by Gasteiger charge is 2.30. The zero-order valence-corrected chi connectivity index (χ0v) is 27.6. The summed E-state index contributed by atoms with van der Waals surface area (Å²) >= 11 is 0. The van der Waals surface area contributed by atoms with Crippen molar-refractivity contribution in [2.45, 2.75) is 24.5 Å². The van der Waals surface area contributed by atoms with Crippen molar-refractivity contribution >= 4 is 11.3 Å². The van der Waals surface area contributed by atoms with Gasteiger partial charge in [-0.05, 0) is 73.5 Å². The Balaban J connectivity index is 1.12. The average molecular weight is 647 g/mol. The Kier molecular flexibility index (Phi) is 8.03. The van der Waals surface area contributed by atoms with Crippen molar-refractivity contribution in [1.82, 2.24) is 21.3 Å². The molecule has 1 fully saturated rings. The lowest BCUT2D eigenvalue weighted by Crippen LogP contribution is -2.54. The van der Waals surface area contributed by atoms with Crippen LogP contribution >= 0.6 is 0 Å². The van der Waals surface area contributed by atoms with Crippen molar-refractivity contribution in [3.63, 3.8) is 0 Å². The minimum Gasteiger partial charge on any atom is -0.374 e. The summed E-state index contributed by atoms with van der Waals surface area (Å²) in [6.07, 6.45) is 8.55. The Hall–Kier alpha value is -5.78. The number of rotatable bonds is 6. The first-order valence-corrected chi connectivity index (χ1v) is 17.4. The summed E-state index contributed by atoms with van der Waals surface area (Å²) in [5, 5.41) is 17.9. The smallest absolute Gasteiger partial charge is 0.0865 e. The molecule has 242 valence electrons. The van der Waals surface area contributed by atoms with Crippen molar-refractivity contribution in [3.8, 4) is 22.3 Å². The van der Waals surface area contributed by atoms with Crippen LogP contribution in [-0.2, 0) is 0 Å². The molecule has 3 aliphatic rings. The lowest BCUT2D eigenvalue weighted by atomic mass is 9.91. The highest BCUT2D eigenvalue weighted by atomic mass is 15.4. The van der Waals surface area contributed by atoms with E-state index in [0.717, 1.165) is 0 Å². The number of fused-ring (bicyclic) bond motifs is 2. The summed E-state index contributed by atoms with van der Waals surface area (Å²) in [5.41, 5.74) is 12.0. The third kappa shape index (κ3) is 5.90. The summed E-state index contributed by atoms with van der Waals surface area (Å²) in [7, 11) is 0. The van der Waals surface area contributed by atoms with Crippen LogP contribution in [0.3, 0.4) is 0 Å². The van der Waals surface area contributed by atoms with Gasteiger partial charge < -0.3 is 5.32 Å². The maximum atomic E-state index is 3.88. The molecule has 3 unspecified atom stereocenters. The third-order valence-corrected chi connectivity index (χ3v) is 10.0. The van der Waals surface area contributed by atoms with E-state index < -0.39 is 0 Å². The van der Waals surface area contributed by atoms with E-state index in [2.05, 4.69) is 203 Å². The molecule has 6 aromatic carbocycles. The highest BCUT2D eigenvalue weighted by Crippen LogP contribution is 2.34. The molecule has 0 spiro atoms. The average Bonchev–Trinajstić information content (AvgIpc) is 3.21. The van der Waals surface area contributed by atoms with Gasteiger partial charge in [0.2, 0.25) is 0 Å². The number of nitrogens with one attached hydrogen (secondary N) is 4. The fourth-order valence-electron chi connectivity index (χ4n) is 7.47. The molecule has 4 nitrogen and oxygen atoms in total. The summed E-state index contributed by atoms with van der Waals surface area (Å²) in [6.45, 7) is 0. The quantitative estimate of drug-likeness (QED) is 0.151. The van der Waals surface area contributed by atoms with Crippen LogP contribution in [0, 0.1) is 0 Å². The normalized spacial score (nSPS) is 20.9. The van der Waals surface area contributed by atoms with E-state index in [9.17, 15) is 0 Å². The zero-order valence-electron chi connectivity index (χ0n) is 27.6. The molecule has 0 radical (unpaired) electrons. The van der Waals surface area contributed by atoms with Crippen molar-refractivity contribution in [2.75, 3.05) is 0 Å². The van der Waals surface area contributed by atoms with Crippen LogP contribution in [0.4, 0.5) is 0 Å². The van der Waals surface area contributed by atoms with Gasteiger partial charge in [0, 0.05) is 5.22 Å². The lowest BCUT2D eigenvalue weighted by Gasteiger charge is -2.40. The molecule has 2 heterocycles. The van der Waals surface area contributed by atoms with Crippen molar-refractivity contribution in [3.05, 3.63) is 215 Å². The first kappa shape index (κ1) is 30.3. The van der Waals surface area contributed by atoms with Crippen LogP contribution in [0.2, 0.25) is 0 Å². The van der Waals surface area contributed by atoms with Crippen molar-refractivity contribution in [2.24, 2.45) is 0 Å². The minimum atomic E-state index is -0.102. The molecule has 1 saturated heterocycles. The van der Waals surface area contributed by atoms with Crippen LogP contribution in [-0.4, -0.2) is 6.04 Å². The van der Waals surface area contributed by atoms with E-state index in [4.69, 9.17) is 0 Å². The first-order chi connectivity index (χ1) is 24.8. The Morgan fingerprint density at radius 2 is 0.880 bits per heavy atom. The van der Waals surface area contributed by atoms with Gasteiger partial charge in [0.05, 0.1) is 30.2 Å². The molecule has 1 aliphatic carbocycles. The Morgan fingerprint density at radius 3 is 1.50 bits per heavy atom. The molecule has 2 aliphatic heterocycles. The second-order valence-corrected chi connectivity index (χ2v) is 13.1. The van der Waals surface area contributed by atoms with Crippen LogP contribution in [0.1, 0.15) is 40.8 Å². The number of hydrogen-bond donors (Lipinski definition) is 4. The van der Waals surface area contributed by atoms with Crippen LogP contribution in [0.5, 0.6) is 0 Å². The van der Waals surface area contributed by atoms with Gasteiger partial charge in [0.15, 0.2) is 0 Å². The summed E-state index contributed by atoms with van der Waals surface area (Å²) in [4.78, 5) is 0. The molecule has 3 atom stereocenters. The van der Waals surface area contributed by atoms with Crippen LogP contribution in [0.15, 0.2) is 182 Å². The van der Waals surface area contributed by atoms with Gasteiger partial charge >= 0.3 is 0 Å². The Labute approximate surface area is 293 Å². The zero-order chi connectivity index (χ0) is 33.3. The van der Waals surface area contributed by atoms with E-state index in [1.54, 1.807) is 0 Å². The Morgan fingerprint density at radius 1 is 0.380 bits per heavy atom. The van der Waals surface area contributed by atoms with Gasteiger partial charge in [-0.15, -0.1) is 0 Å². The monoisotopic (exact) mass is 646 g/mol.